The number of anilines is 1. The van der Waals surface area contributed by atoms with Gasteiger partial charge in [-0.05, 0) is 61.6 Å². The van der Waals surface area contributed by atoms with Gasteiger partial charge in [-0.2, -0.15) is 0 Å². The van der Waals surface area contributed by atoms with E-state index in [1.54, 1.807) is 7.11 Å². The lowest BCUT2D eigenvalue weighted by molar-refractivity contribution is -0.136. The molecule has 0 radical (unpaired) electrons. The predicted octanol–water partition coefficient (Wildman–Crippen LogP) is 3.53. The maximum absolute atomic E-state index is 13.6. The van der Waals surface area contributed by atoms with Gasteiger partial charge in [0.05, 0.1) is 31.6 Å². The van der Waals surface area contributed by atoms with Gasteiger partial charge in [0, 0.05) is 26.2 Å². The van der Waals surface area contributed by atoms with Gasteiger partial charge in [0.25, 0.3) is 11.8 Å². The van der Waals surface area contributed by atoms with Gasteiger partial charge < -0.3 is 14.8 Å². The molecule has 0 atom stereocenters. The van der Waals surface area contributed by atoms with Crippen LogP contribution in [0.2, 0.25) is 0 Å². The van der Waals surface area contributed by atoms with Crippen molar-refractivity contribution in [2.24, 2.45) is 0 Å². The molecule has 2 amide bonds. The molecule has 7 heteroatoms. The van der Waals surface area contributed by atoms with Gasteiger partial charge in [-0.25, -0.2) is 0 Å². The van der Waals surface area contributed by atoms with E-state index in [4.69, 9.17) is 9.47 Å². The molecule has 2 heterocycles. The van der Waals surface area contributed by atoms with Crippen LogP contribution in [0.5, 0.6) is 5.75 Å². The number of methoxy groups -OCH3 is 1. The molecule has 0 bridgehead atoms. The molecule has 1 N–H and O–H groups in total. The SMILES string of the molecule is COc1ccc(C)cc1NC1=C(c2ccc(C)c(C)c2)C(=O)N(CCCN2CCOCC2)C1=O. The highest BCUT2D eigenvalue weighted by Gasteiger charge is 2.39. The summed E-state index contributed by atoms with van der Waals surface area (Å²) < 4.78 is 10.9. The first-order valence-electron chi connectivity index (χ1n) is 11.8. The average Bonchev–Trinajstić information content (AvgIpc) is 3.06. The number of amides is 2. The summed E-state index contributed by atoms with van der Waals surface area (Å²) in [5.41, 5.74) is 5.34. The first-order chi connectivity index (χ1) is 16.4. The van der Waals surface area contributed by atoms with Crippen molar-refractivity contribution in [1.29, 1.82) is 0 Å². The van der Waals surface area contributed by atoms with Gasteiger partial charge in [-0.15, -0.1) is 0 Å². The molecule has 4 rings (SSSR count). The summed E-state index contributed by atoms with van der Waals surface area (Å²) in [6, 6.07) is 11.6. The Hall–Kier alpha value is -3.16. The molecule has 1 fully saturated rings. The first-order valence-corrected chi connectivity index (χ1v) is 11.8. The van der Waals surface area contributed by atoms with E-state index < -0.39 is 0 Å². The third-order valence-corrected chi connectivity index (χ3v) is 6.54. The minimum absolute atomic E-state index is 0.260. The van der Waals surface area contributed by atoms with Crippen LogP contribution >= 0.6 is 0 Å². The van der Waals surface area contributed by atoms with Gasteiger partial charge >= 0.3 is 0 Å². The van der Waals surface area contributed by atoms with E-state index in [0.29, 0.717) is 29.3 Å². The molecule has 2 aromatic carbocycles. The fourth-order valence-corrected chi connectivity index (χ4v) is 4.39. The molecular formula is C27H33N3O4. The minimum Gasteiger partial charge on any atom is -0.495 e. The fraction of sp³-hybridized carbons (Fsp3) is 0.407. The molecule has 0 aliphatic carbocycles. The quantitative estimate of drug-likeness (QED) is 0.604. The molecule has 2 aromatic rings. The number of imide groups is 1. The maximum Gasteiger partial charge on any atom is 0.278 e. The Balaban J connectivity index is 1.63. The molecule has 180 valence electrons. The smallest absolute Gasteiger partial charge is 0.278 e. The normalized spacial score (nSPS) is 17.0. The van der Waals surface area contributed by atoms with Crippen LogP contribution in [0.3, 0.4) is 0 Å². The molecule has 2 aliphatic heterocycles. The Morgan fingerprint density at radius 3 is 2.41 bits per heavy atom. The van der Waals surface area contributed by atoms with Gasteiger partial charge in [0.1, 0.15) is 11.4 Å². The van der Waals surface area contributed by atoms with Crippen LogP contribution in [0.15, 0.2) is 42.1 Å². The number of carbonyl (C=O) groups is 2. The third-order valence-electron chi connectivity index (χ3n) is 6.54. The van der Waals surface area contributed by atoms with Crippen LogP contribution in [0.4, 0.5) is 5.69 Å². The summed E-state index contributed by atoms with van der Waals surface area (Å²) in [6.45, 7) is 10.4. The Morgan fingerprint density at radius 1 is 0.941 bits per heavy atom. The Morgan fingerprint density at radius 2 is 1.71 bits per heavy atom. The zero-order valence-corrected chi connectivity index (χ0v) is 20.4. The zero-order chi connectivity index (χ0) is 24.2. The Labute approximate surface area is 201 Å². The summed E-state index contributed by atoms with van der Waals surface area (Å²) >= 11 is 0. The molecule has 1 saturated heterocycles. The van der Waals surface area contributed by atoms with Crippen molar-refractivity contribution in [2.75, 3.05) is 51.8 Å². The van der Waals surface area contributed by atoms with Crippen molar-refractivity contribution in [3.05, 3.63) is 64.3 Å². The summed E-state index contributed by atoms with van der Waals surface area (Å²) in [7, 11) is 1.59. The topological polar surface area (TPSA) is 71.1 Å². The van der Waals surface area contributed by atoms with E-state index in [2.05, 4.69) is 10.2 Å². The molecule has 0 aromatic heterocycles. The van der Waals surface area contributed by atoms with E-state index in [9.17, 15) is 9.59 Å². The van der Waals surface area contributed by atoms with Crippen molar-refractivity contribution in [3.8, 4) is 5.75 Å². The highest BCUT2D eigenvalue weighted by atomic mass is 16.5. The number of nitrogens with zero attached hydrogens (tertiary/aromatic N) is 2. The zero-order valence-electron chi connectivity index (χ0n) is 20.4. The number of aryl methyl sites for hydroxylation is 3. The minimum atomic E-state index is -0.302. The molecular weight excluding hydrogens is 430 g/mol. The van der Waals surface area contributed by atoms with Crippen molar-refractivity contribution in [3.63, 3.8) is 0 Å². The summed E-state index contributed by atoms with van der Waals surface area (Å²) in [5, 5.41) is 3.25. The van der Waals surface area contributed by atoms with Crippen LogP contribution in [0.25, 0.3) is 5.57 Å². The second-order valence-electron chi connectivity index (χ2n) is 8.95. The summed E-state index contributed by atoms with van der Waals surface area (Å²) in [4.78, 5) is 30.8. The number of benzene rings is 2. The molecule has 0 spiro atoms. The number of ether oxygens (including phenoxy) is 2. The molecule has 34 heavy (non-hydrogen) atoms. The van der Waals surface area contributed by atoms with E-state index in [0.717, 1.165) is 61.5 Å². The standard InChI is InChI=1S/C27H33N3O4/c1-18-6-9-23(33-4)22(16-18)28-25-24(21-8-7-19(2)20(3)17-21)26(31)30(27(25)32)11-5-10-29-12-14-34-15-13-29/h6-9,16-17,28H,5,10-15H2,1-4H3. The Kier molecular flexibility index (Phi) is 7.34. The number of morpholine rings is 1. The van der Waals surface area contributed by atoms with Crippen LogP contribution < -0.4 is 10.1 Å². The van der Waals surface area contributed by atoms with Crippen LogP contribution in [-0.2, 0) is 14.3 Å². The van der Waals surface area contributed by atoms with Gasteiger partial charge in [0.2, 0.25) is 0 Å². The maximum atomic E-state index is 13.6. The fourth-order valence-electron chi connectivity index (χ4n) is 4.39. The molecule has 7 nitrogen and oxygen atoms in total. The summed E-state index contributed by atoms with van der Waals surface area (Å²) in [5.74, 6) is 0.0525. The van der Waals surface area contributed by atoms with E-state index in [1.807, 2.05) is 57.2 Å². The van der Waals surface area contributed by atoms with Crippen molar-refractivity contribution in [2.45, 2.75) is 27.2 Å². The lowest BCUT2D eigenvalue weighted by Gasteiger charge is -2.27. The second kappa shape index (κ2) is 10.4. The van der Waals surface area contributed by atoms with E-state index in [1.165, 1.54) is 4.90 Å². The highest BCUT2D eigenvalue weighted by molar-refractivity contribution is 6.36. The van der Waals surface area contributed by atoms with Gasteiger partial charge in [-0.1, -0.05) is 24.3 Å². The van der Waals surface area contributed by atoms with Gasteiger partial charge in [-0.3, -0.25) is 19.4 Å². The molecule has 0 unspecified atom stereocenters. The predicted molar refractivity (Wildman–Crippen MR) is 133 cm³/mol. The monoisotopic (exact) mass is 463 g/mol. The third kappa shape index (κ3) is 5.00. The Bertz CT molecular complexity index is 1120. The number of rotatable bonds is 8. The summed E-state index contributed by atoms with van der Waals surface area (Å²) in [6.07, 6.45) is 0.721. The average molecular weight is 464 g/mol. The van der Waals surface area contributed by atoms with Crippen molar-refractivity contribution >= 4 is 23.1 Å². The number of hydrogen-bond donors (Lipinski definition) is 1. The van der Waals surface area contributed by atoms with Crippen molar-refractivity contribution in [1.82, 2.24) is 9.80 Å². The van der Waals surface area contributed by atoms with Gasteiger partial charge in [0.15, 0.2) is 0 Å². The number of carbonyl (C=O) groups excluding carboxylic acids is 2. The highest BCUT2D eigenvalue weighted by Crippen LogP contribution is 2.34. The van der Waals surface area contributed by atoms with Crippen LogP contribution in [0.1, 0.15) is 28.7 Å². The second-order valence-corrected chi connectivity index (χ2v) is 8.95. The van der Waals surface area contributed by atoms with E-state index in [-0.39, 0.29) is 11.8 Å². The van der Waals surface area contributed by atoms with Crippen molar-refractivity contribution < 1.29 is 19.1 Å². The van der Waals surface area contributed by atoms with Crippen LogP contribution in [-0.4, -0.2) is 68.1 Å². The number of hydrogen-bond acceptors (Lipinski definition) is 6. The lowest BCUT2D eigenvalue weighted by Crippen LogP contribution is -2.39. The van der Waals surface area contributed by atoms with E-state index >= 15 is 0 Å². The first kappa shape index (κ1) is 24.0. The molecule has 0 saturated carbocycles. The lowest BCUT2D eigenvalue weighted by atomic mass is 9.99. The largest absolute Gasteiger partial charge is 0.495 e. The number of nitrogens with one attached hydrogen (secondary N) is 1. The molecule has 2 aliphatic rings. The van der Waals surface area contributed by atoms with Crippen LogP contribution in [0, 0.1) is 20.8 Å².